The smallest absolute Gasteiger partial charge is 0.0793 e. The van der Waals surface area contributed by atoms with E-state index < -0.39 is 0 Å². The van der Waals surface area contributed by atoms with Gasteiger partial charge in [0.15, 0.2) is 0 Å². The number of aliphatic hydroxyl groups is 1. The molecular formula is C18H30N2O2. The summed E-state index contributed by atoms with van der Waals surface area (Å²) in [5.74, 6) is 0. The van der Waals surface area contributed by atoms with Gasteiger partial charge in [0, 0.05) is 32.7 Å². The predicted octanol–water partition coefficient (Wildman–Crippen LogP) is 1.74. The molecule has 1 aromatic rings. The van der Waals surface area contributed by atoms with Crippen LogP contribution in [-0.4, -0.2) is 67.5 Å². The normalized spacial score (nSPS) is 17.9. The van der Waals surface area contributed by atoms with Gasteiger partial charge in [-0.15, -0.1) is 0 Å². The lowest BCUT2D eigenvalue weighted by Crippen LogP contribution is -2.44. The van der Waals surface area contributed by atoms with Crippen LogP contribution in [0.2, 0.25) is 0 Å². The number of likely N-dealkylation sites (N-methyl/N-ethyl adjacent to an activating group) is 1. The Kier molecular flexibility index (Phi) is 6.38. The largest absolute Gasteiger partial charge is 0.390 e. The highest BCUT2D eigenvalue weighted by Gasteiger charge is 2.16. The predicted molar refractivity (Wildman–Crippen MR) is 90.3 cm³/mol. The van der Waals surface area contributed by atoms with Gasteiger partial charge in [-0.25, -0.2) is 0 Å². The standard InChI is InChI=1S/C18H30N2O2/c1-14-9-16(3)17(10-15(14)2)11-19(4)12-18(21)13-20-5-7-22-8-6-20/h9-10,18,21H,5-8,11-13H2,1-4H3. The quantitative estimate of drug-likeness (QED) is 0.868. The highest BCUT2D eigenvalue weighted by molar-refractivity contribution is 5.36. The van der Waals surface area contributed by atoms with Crippen molar-refractivity contribution in [1.29, 1.82) is 0 Å². The number of hydrogen-bond donors (Lipinski definition) is 1. The lowest BCUT2D eigenvalue weighted by Gasteiger charge is -2.30. The molecule has 1 saturated heterocycles. The van der Waals surface area contributed by atoms with Gasteiger partial charge in [-0.2, -0.15) is 0 Å². The Morgan fingerprint density at radius 2 is 1.77 bits per heavy atom. The molecule has 0 saturated carbocycles. The van der Waals surface area contributed by atoms with E-state index in [4.69, 9.17) is 4.74 Å². The monoisotopic (exact) mass is 306 g/mol. The van der Waals surface area contributed by atoms with E-state index in [1.54, 1.807) is 0 Å². The molecule has 0 aromatic heterocycles. The molecule has 1 unspecified atom stereocenters. The van der Waals surface area contributed by atoms with Crippen LogP contribution in [0.4, 0.5) is 0 Å². The van der Waals surface area contributed by atoms with Gasteiger partial charge in [0.05, 0.1) is 19.3 Å². The number of β-amino-alcohol motifs (C(OH)–C–C–N with tert-alkyl or cyclic N) is 1. The Balaban J connectivity index is 1.84. The lowest BCUT2D eigenvalue weighted by atomic mass is 10.0. The molecule has 0 aliphatic carbocycles. The number of hydrogen-bond acceptors (Lipinski definition) is 4. The van der Waals surface area contributed by atoms with Crippen molar-refractivity contribution < 1.29 is 9.84 Å². The van der Waals surface area contributed by atoms with Gasteiger partial charge in [0.2, 0.25) is 0 Å². The Morgan fingerprint density at radius 1 is 1.14 bits per heavy atom. The Morgan fingerprint density at radius 3 is 2.45 bits per heavy atom. The molecule has 2 rings (SSSR count). The number of ether oxygens (including phenoxy) is 1. The van der Waals surface area contributed by atoms with Crippen molar-refractivity contribution in [3.05, 3.63) is 34.4 Å². The van der Waals surface area contributed by atoms with Crippen LogP contribution >= 0.6 is 0 Å². The fourth-order valence-electron chi connectivity index (χ4n) is 3.05. The van der Waals surface area contributed by atoms with Crippen LogP contribution in [0.5, 0.6) is 0 Å². The second kappa shape index (κ2) is 8.06. The van der Waals surface area contributed by atoms with Crippen molar-refractivity contribution in [1.82, 2.24) is 9.80 Å². The van der Waals surface area contributed by atoms with Gasteiger partial charge >= 0.3 is 0 Å². The second-order valence-electron chi connectivity index (χ2n) is 6.63. The van der Waals surface area contributed by atoms with Gasteiger partial charge in [-0.3, -0.25) is 9.80 Å². The first-order valence-electron chi connectivity index (χ1n) is 8.19. The third kappa shape index (κ3) is 5.06. The molecule has 0 bridgehead atoms. The molecule has 0 amide bonds. The molecule has 22 heavy (non-hydrogen) atoms. The zero-order valence-corrected chi connectivity index (χ0v) is 14.4. The molecule has 1 aliphatic heterocycles. The first kappa shape index (κ1) is 17.4. The molecule has 4 heteroatoms. The highest BCUT2D eigenvalue weighted by Crippen LogP contribution is 2.17. The minimum atomic E-state index is -0.310. The molecular weight excluding hydrogens is 276 g/mol. The summed E-state index contributed by atoms with van der Waals surface area (Å²) in [6, 6.07) is 4.53. The summed E-state index contributed by atoms with van der Waals surface area (Å²) in [6.45, 7) is 12.2. The van der Waals surface area contributed by atoms with E-state index in [1.165, 1.54) is 22.3 Å². The van der Waals surface area contributed by atoms with E-state index in [0.29, 0.717) is 6.54 Å². The van der Waals surface area contributed by atoms with E-state index in [1.807, 2.05) is 0 Å². The molecule has 1 fully saturated rings. The van der Waals surface area contributed by atoms with Crippen LogP contribution in [-0.2, 0) is 11.3 Å². The average molecular weight is 306 g/mol. The number of aliphatic hydroxyl groups excluding tert-OH is 1. The van der Waals surface area contributed by atoms with Gasteiger partial charge < -0.3 is 9.84 Å². The van der Waals surface area contributed by atoms with Crippen LogP contribution in [0, 0.1) is 20.8 Å². The van der Waals surface area contributed by atoms with Crippen LogP contribution in [0.3, 0.4) is 0 Å². The minimum absolute atomic E-state index is 0.310. The van der Waals surface area contributed by atoms with Crippen molar-refractivity contribution in [3.63, 3.8) is 0 Å². The maximum Gasteiger partial charge on any atom is 0.0793 e. The van der Waals surface area contributed by atoms with Crippen LogP contribution in [0.15, 0.2) is 12.1 Å². The molecule has 0 radical (unpaired) electrons. The molecule has 1 aliphatic rings. The molecule has 1 atom stereocenters. The molecule has 1 aromatic carbocycles. The Bertz CT molecular complexity index is 484. The summed E-state index contributed by atoms with van der Waals surface area (Å²) in [5.41, 5.74) is 5.36. The average Bonchev–Trinajstić information content (AvgIpc) is 2.45. The van der Waals surface area contributed by atoms with E-state index in [9.17, 15) is 5.11 Å². The SMILES string of the molecule is Cc1cc(C)c(CN(C)CC(O)CN2CCOCC2)cc1C. The maximum atomic E-state index is 10.3. The van der Waals surface area contributed by atoms with Crippen LogP contribution in [0.1, 0.15) is 22.3 Å². The van der Waals surface area contributed by atoms with E-state index in [-0.39, 0.29) is 6.10 Å². The first-order valence-corrected chi connectivity index (χ1v) is 8.19. The number of benzene rings is 1. The van der Waals surface area contributed by atoms with E-state index in [2.05, 4.69) is 49.8 Å². The van der Waals surface area contributed by atoms with E-state index >= 15 is 0 Å². The summed E-state index contributed by atoms with van der Waals surface area (Å²) in [5, 5.41) is 10.3. The molecule has 4 nitrogen and oxygen atoms in total. The molecule has 124 valence electrons. The van der Waals surface area contributed by atoms with Crippen molar-refractivity contribution >= 4 is 0 Å². The fourth-order valence-corrected chi connectivity index (χ4v) is 3.05. The van der Waals surface area contributed by atoms with Gasteiger partial charge in [-0.05, 0) is 50.1 Å². The van der Waals surface area contributed by atoms with Crippen molar-refractivity contribution in [2.24, 2.45) is 0 Å². The number of nitrogens with zero attached hydrogens (tertiary/aromatic N) is 2. The minimum Gasteiger partial charge on any atom is -0.390 e. The topological polar surface area (TPSA) is 35.9 Å². The van der Waals surface area contributed by atoms with Crippen LogP contribution < -0.4 is 0 Å². The van der Waals surface area contributed by atoms with Crippen molar-refractivity contribution in [2.75, 3.05) is 46.4 Å². The van der Waals surface area contributed by atoms with Crippen LogP contribution in [0.25, 0.3) is 0 Å². The number of morpholine rings is 1. The highest BCUT2D eigenvalue weighted by atomic mass is 16.5. The second-order valence-corrected chi connectivity index (χ2v) is 6.63. The molecule has 0 spiro atoms. The number of rotatable bonds is 6. The Labute approximate surface area is 134 Å². The first-order chi connectivity index (χ1) is 10.5. The maximum absolute atomic E-state index is 10.3. The Hall–Kier alpha value is -0.940. The summed E-state index contributed by atoms with van der Waals surface area (Å²) in [4.78, 5) is 4.49. The zero-order chi connectivity index (χ0) is 16.1. The van der Waals surface area contributed by atoms with E-state index in [0.717, 1.165) is 39.4 Å². The summed E-state index contributed by atoms with van der Waals surface area (Å²) < 4.78 is 5.34. The van der Waals surface area contributed by atoms with Gasteiger partial charge in [-0.1, -0.05) is 12.1 Å². The lowest BCUT2D eigenvalue weighted by molar-refractivity contribution is 0.00824. The summed E-state index contributed by atoms with van der Waals surface area (Å²) in [7, 11) is 2.08. The van der Waals surface area contributed by atoms with Crippen molar-refractivity contribution in [3.8, 4) is 0 Å². The van der Waals surface area contributed by atoms with Crippen molar-refractivity contribution in [2.45, 2.75) is 33.4 Å². The third-order valence-corrected chi connectivity index (χ3v) is 4.49. The molecule has 1 N–H and O–H groups in total. The number of aryl methyl sites for hydroxylation is 3. The van der Waals surface area contributed by atoms with Gasteiger partial charge in [0.25, 0.3) is 0 Å². The summed E-state index contributed by atoms with van der Waals surface area (Å²) >= 11 is 0. The zero-order valence-electron chi connectivity index (χ0n) is 14.4. The van der Waals surface area contributed by atoms with Gasteiger partial charge in [0.1, 0.15) is 0 Å². The summed E-state index contributed by atoms with van der Waals surface area (Å²) in [6.07, 6.45) is -0.310. The molecule has 1 heterocycles. The third-order valence-electron chi connectivity index (χ3n) is 4.49. The fraction of sp³-hybridized carbons (Fsp3) is 0.667.